The maximum absolute atomic E-state index is 12.2. The van der Waals surface area contributed by atoms with Gasteiger partial charge in [0, 0.05) is 25.4 Å². The van der Waals surface area contributed by atoms with Crippen LogP contribution in [0.2, 0.25) is 0 Å². The summed E-state index contributed by atoms with van der Waals surface area (Å²) in [6.45, 7) is 7.80. The van der Waals surface area contributed by atoms with Gasteiger partial charge in [0.15, 0.2) is 0 Å². The lowest BCUT2D eigenvalue weighted by Crippen LogP contribution is -2.36. The van der Waals surface area contributed by atoms with E-state index in [-0.39, 0.29) is 11.5 Å². The Morgan fingerprint density at radius 2 is 2.08 bits per heavy atom. The van der Waals surface area contributed by atoms with Gasteiger partial charge in [0.2, 0.25) is 0 Å². The lowest BCUT2D eigenvalue weighted by atomic mass is 9.96. The van der Waals surface area contributed by atoms with Crippen LogP contribution in [0.5, 0.6) is 0 Å². The maximum Gasteiger partial charge on any atom is 0.253 e. The molecule has 1 saturated heterocycles. The minimum absolute atomic E-state index is 0.0655. The van der Waals surface area contributed by atoms with E-state index in [1.807, 2.05) is 12.1 Å². The highest BCUT2D eigenvalue weighted by Gasteiger charge is 2.20. The Labute approximate surface area is 142 Å². The van der Waals surface area contributed by atoms with E-state index in [0.29, 0.717) is 5.92 Å². The fourth-order valence-corrected chi connectivity index (χ4v) is 3.14. The summed E-state index contributed by atoms with van der Waals surface area (Å²) in [5.41, 5.74) is 1.95. The smallest absolute Gasteiger partial charge is 0.253 e. The zero-order valence-electron chi connectivity index (χ0n) is 14.4. The van der Waals surface area contributed by atoms with Crippen LogP contribution in [0.1, 0.15) is 44.0 Å². The van der Waals surface area contributed by atoms with Gasteiger partial charge in [-0.1, -0.05) is 13.8 Å². The molecule has 2 aromatic rings. The lowest BCUT2D eigenvalue weighted by Gasteiger charge is -2.31. The first-order valence-corrected chi connectivity index (χ1v) is 8.67. The molecule has 1 fully saturated rings. The third kappa shape index (κ3) is 4.26. The average Bonchev–Trinajstić information content (AvgIpc) is 2.59. The van der Waals surface area contributed by atoms with Crippen molar-refractivity contribution >= 4 is 0 Å². The van der Waals surface area contributed by atoms with Crippen molar-refractivity contribution in [2.75, 3.05) is 13.1 Å². The largest absolute Gasteiger partial charge is 0.299 e. The zero-order chi connectivity index (χ0) is 16.9. The van der Waals surface area contributed by atoms with E-state index in [1.165, 1.54) is 0 Å². The van der Waals surface area contributed by atoms with Gasteiger partial charge in [0.05, 0.1) is 17.7 Å². The normalized spacial score (nSPS) is 16.6. The molecule has 3 heterocycles. The van der Waals surface area contributed by atoms with Gasteiger partial charge in [-0.25, -0.2) is 4.98 Å². The minimum Gasteiger partial charge on any atom is -0.299 e. The molecule has 24 heavy (non-hydrogen) atoms. The third-order valence-corrected chi connectivity index (χ3v) is 4.67. The number of likely N-dealkylation sites (tertiary alicyclic amines) is 1. The van der Waals surface area contributed by atoms with Gasteiger partial charge in [-0.3, -0.25) is 14.3 Å². The van der Waals surface area contributed by atoms with Gasteiger partial charge in [-0.15, -0.1) is 0 Å². The molecule has 3 rings (SSSR count). The summed E-state index contributed by atoms with van der Waals surface area (Å²) >= 11 is 0. The van der Waals surface area contributed by atoms with Crippen molar-refractivity contribution in [3.8, 4) is 0 Å². The molecule has 6 heteroatoms. The topological polar surface area (TPSA) is 63.9 Å². The second-order valence-corrected chi connectivity index (χ2v) is 6.89. The summed E-state index contributed by atoms with van der Waals surface area (Å²) in [4.78, 5) is 19.0. The van der Waals surface area contributed by atoms with E-state index >= 15 is 0 Å². The van der Waals surface area contributed by atoms with Gasteiger partial charge >= 0.3 is 0 Å². The molecule has 0 spiro atoms. The number of piperidine rings is 1. The van der Waals surface area contributed by atoms with E-state index in [1.54, 1.807) is 23.2 Å². The van der Waals surface area contributed by atoms with Crippen molar-refractivity contribution in [1.29, 1.82) is 0 Å². The molecule has 6 nitrogen and oxygen atoms in total. The molecule has 0 amide bonds. The third-order valence-electron chi connectivity index (χ3n) is 4.67. The first-order chi connectivity index (χ1) is 11.6. The van der Waals surface area contributed by atoms with Crippen LogP contribution in [0.25, 0.3) is 0 Å². The molecule has 1 aliphatic rings. The highest BCUT2D eigenvalue weighted by Crippen LogP contribution is 2.20. The molecule has 0 atom stereocenters. The summed E-state index contributed by atoms with van der Waals surface area (Å²) in [7, 11) is 0. The van der Waals surface area contributed by atoms with Crippen LogP contribution in [0.15, 0.2) is 35.5 Å². The second-order valence-electron chi connectivity index (χ2n) is 6.89. The summed E-state index contributed by atoms with van der Waals surface area (Å²) in [5, 5.41) is 8.08. The SMILES string of the molecule is CC(C)c1cc(=O)n(CC2CCN(Cc3cccnn3)CC2)cn1. The van der Waals surface area contributed by atoms with Crippen molar-refractivity contribution in [3.05, 3.63) is 52.5 Å². The average molecular weight is 327 g/mol. The van der Waals surface area contributed by atoms with Crippen molar-refractivity contribution in [3.63, 3.8) is 0 Å². The number of nitrogens with zero attached hydrogens (tertiary/aromatic N) is 5. The monoisotopic (exact) mass is 327 g/mol. The summed E-state index contributed by atoms with van der Waals surface area (Å²) in [6, 6.07) is 5.61. The summed E-state index contributed by atoms with van der Waals surface area (Å²) in [5.74, 6) is 0.823. The Hall–Kier alpha value is -2.08. The minimum atomic E-state index is 0.0655. The van der Waals surface area contributed by atoms with E-state index in [9.17, 15) is 4.79 Å². The van der Waals surface area contributed by atoms with E-state index < -0.39 is 0 Å². The Kier molecular flexibility index (Phi) is 5.35. The maximum atomic E-state index is 12.2. The van der Waals surface area contributed by atoms with Crippen LogP contribution >= 0.6 is 0 Å². The molecule has 0 saturated carbocycles. The molecule has 128 valence electrons. The van der Waals surface area contributed by atoms with Gasteiger partial charge in [-0.05, 0) is 49.9 Å². The molecule has 0 aliphatic carbocycles. The first-order valence-electron chi connectivity index (χ1n) is 8.67. The lowest BCUT2D eigenvalue weighted by molar-refractivity contribution is 0.164. The molecule has 0 N–H and O–H groups in total. The van der Waals surface area contributed by atoms with E-state index in [0.717, 1.165) is 50.4 Å². The van der Waals surface area contributed by atoms with Gasteiger partial charge < -0.3 is 0 Å². The van der Waals surface area contributed by atoms with Gasteiger partial charge in [0.25, 0.3) is 5.56 Å². The Bertz CT molecular complexity index is 705. The highest BCUT2D eigenvalue weighted by atomic mass is 16.1. The number of hydrogen-bond donors (Lipinski definition) is 0. The van der Waals surface area contributed by atoms with Crippen LogP contribution in [0.4, 0.5) is 0 Å². The Morgan fingerprint density at radius 3 is 2.71 bits per heavy atom. The number of hydrogen-bond acceptors (Lipinski definition) is 5. The van der Waals surface area contributed by atoms with Crippen LogP contribution in [0, 0.1) is 5.92 Å². The van der Waals surface area contributed by atoms with Crippen LogP contribution in [-0.4, -0.2) is 37.7 Å². The highest BCUT2D eigenvalue weighted by molar-refractivity contribution is 5.04. The van der Waals surface area contributed by atoms with Crippen molar-refractivity contribution in [2.24, 2.45) is 5.92 Å². The first kappa shape index (κ1) is 16.8. The van der Waals surface area contributed by atoms with Crippen LogP contribution < -0.4 is 5.56 Å². The van der Waals surface area contributed by atoms with Gasteiger partial charge in [-0.2, -0.15) is 10.2 Å². The second kappa shape index (κ2) is 7.66. The fraction of sp³-hybridized carbons (Fsp3) is 0.556. The molecule has 2 aromatic heterocycles. The van der Waals surface area contributed by atoms with Crippen molar-refractivity contribution in [1.82, 2.24) is 24.6 Å². The van der Waals surface area contributed by atoms with Crippen molar-refractivity contribution in [2.45, 2.75) is 45.7 Å². The fourth-order valence-electron chi connectivity index (χ4n) is 3.14. The zero-order valence-corrected chi connectivity index (χ0v) is 14.4. The standard InChI is InChI=1S/C18H25N5O/c1-14(2)17-10-18(24)23(13-19-17)11-15-5-8-22(9-6-15)12-16-4-3-7-20-21-16/h3-4,7,10,13-15H,5-6,8-9,11-12H2,1-2H3. The molecule has 0 unspecified atom stereocenters. The van der Waals surface area contributed by atoms with E-state index in [4.69, 9.17) is 0 Å². The molecule has 0 aromatic carbocycles. The molecule has 1 aliphatic heterocycles. The van der Waals surface area contributed by atoms with Crippen LogP contribution in [0.3, 0.4) is 0 Å². The molecule has 0 bridgehead atoms. The summed E-state index contributed by atoms with van der Waals surface area (Å²) < 4.78 is 1.76. The van der Waals surface area contributed by atoms with Crippen molar-refractivity contribution < 1.29 is 0 Å². The predicted molar refractivity (Wildman–Crippen MR) is 92.6 cm³/mol. The number of rotatable bonds is 5. The predicted octanol–water partition coefficient (Wildman–Crippen LogP) is 2.07. The van der Waals surface area contributed by atoms with E-state index in [2.05, 4.69) is 33.9 Å². The summed E-state index contributed by atoms with van der Waals surface area (Å²) in [6.07, 6.45) is 5.60. The number of aromatic nitrogens is 4. The van der Waals surface area contributed by atoms with Gasteiger partial charge in [0.1, 0.15) is 0 Å². The molecular weight excluding hydrogens is 302 g/mol. The Balaban J connectivity index is 1.53. The Morgan fingerprint density at radius 1 is 1.29 bits per heavy atom. The van der Waals surface area contributed by atoms with Crippen LogP contribution in [-0.2, 0) is 13.1 Å². The molecular formula is C18H25N5O. The quantitative estimate of drug-likeness (QED) is 0.841. The molecule has 0 radical (unpaired) electrons.